The van der Waals surface area contributed by atoms with Gasteiger partial charge in [-0.2, -0.15) is 0 Å². The topological polar surface area (TPSA) is 69.2 Å². The van der Waals surface area contributed by atoms with Gasteiger partial charge in [-0.3, -0.25) is 4.79 Å². The van der Waals surface area contributed by atoms with Crippen LogP contribution >= 0.6 is 11.6 Å². The molecule has 0 spiro atoms. The number of amides is 1. The minimum Gasteiger partial charge on any atom is -0.550 e. The molecule has 0 aromatic heterocycles. The minimum absolute atomic E-state index is 0.265. The molecule has 108 valence electrons. The number of carbonyl (C=O) groups excluding carboxylic acids is 2. The van der Waals surface area contributed by atoms with E-state index >= 15 is 0 Å². The van der Waals surface area contributed by atoms with Crippen molar-refractivity contribution >= 4 is 29.2 Å². The van der Waals surface area contributed by atoms with Gasteiger partial charge in [-0.25, -0.2) is 0 Å². The summed E-state index contributed by atoms with van der Waals surface area (Å²) in [5.74, 6) is -2.61. The van der Waals surface area contributed by atoms with Crippen LogP contribution in [0.25, 0.3) is 0 Å². The highest BCUT2D eigenvalue weighted by molar-refractivity contribution is 6.31. The van der Waals surface area contributed by atoms with Crippen LogP contribution in [0.3, 0.4) is 0 Å². The highest BCUT2D eigenvalue weighted by Crippen LogP contribution is 2.31. The number of aliphatic carboxylic acids is 1. The molecule has 1 fully saturated rings. The van der Waals surface area contributed by atoms with Crippen LogP contribution in [0.1, 0.15) is 31.2 Å². The Labute approximate surface area is 123 Å². The monoisotopic (exact) mass is 294 g/mol. The van der Waals surface area contributed by atoms with E-state index in [4.69, 9.17) is 11.6 Å². The fourth-order valence-corrected chi connectivity index (χ4v) is 2.81. The van der Waals surface area contributed by atoms with E-state index < -0.39 is 17.8 Å². The van der Waals surface area contributed by atoms with E-state index in [2.05, 4.69) is 5.32 Å². The lowest BCUT2D eigenvalue weighted by Gasteiger charge is -2.31. The lowest BCUT2D eigenvalue weighted by molar-refractivity contribution is -0.313. The van der Waals surface area contributed by atoms with Crippen LogP contribution in [0, 0.1) is 18.8 Å². The molecule has 5 heteroatoms. The predicted octanol–water partition coefficient (Wildman–Crippen LogP) is 2.14. The van der Waals surface area contributed by atoms with Gasteiger partial charge in [-0.15, -0.1) is 0 Å². The predicted molar refractivity (Wildman–Crippen MR) is 75.3 cm³/mol. The van der Waals surface area contributed by atoms with Crippen molar-refractivity contribution in [3.8, 4) is 0 Å². The van der Waals surface area contributed by atoms with Crippen LogP contribution < -0.4 is 10.4 Å². The molecule has 1 aliphatic rings. The number of rotatable bonds is 3. The maximum absolute atomic E-state index is 12.2. The summed E-state index contributed by atoms with van der Waals surface area (Å²) in [6.45, 7) is 1.88. The molecular weight excluding hydrogens is 278 g/mol. The number of benzene rings is 1. The molecule has 0 heterocycles. The first-order valence-electron chi connectivity index (χ1n) is 6.77. The van der Waals surface area contributed by atoms with Crippen LogP contribution in [-0.4, -0.2) is 11.9 Å². The van der Waals surface area contributed by atoms with E-state index in [1.807, 2.05) is 13.0 Å². The fourth-order valence-electron chi connectivity index (χ4n) is 2.63. The van der Waals surface area contributed by atoms with Crippen LogP contribution in [-0.2, 0) is 9.59 Å². The maximum atomic E-state index is 12.2. The van der Waals surface area contributed by atoms with Gasteiger partial charge in [-0.05, 0) is 37.5 Å². The SMILES string of the molecule is Cc1ccc(NC(=O)[C@@H]2CCCC[C@H]2C(=O)[O-])cc1Cl. The van der Waals surface area contributed by atoms with E-state index in [0.29, 0.717) is 23.6 Å². The summed E-state index contributed by atoms with van der Waals surface area (Å²) in [5, 5.41) is 14.4. The quantitative estimate of drug-likeness (QED) is 0.928. The van der Waals surface area contributed by atoms with Crippen molar-refractivity contribution in [3.05, 3.63) is 28.8 Å². The average molecular weight is 295 g/mol. The molecule has 4 nitrogen and oxygen atoms in total. The molecule has 2 rings (SSSR count). The lowest BCUT2D eigenvalue weighted by Crippen LogP contribution is -2.42. The summed E-state index contributed by atoms with van der Waals surface area (Å²) in [5.41, 5.74) is 1.52. The van der Waals surface area contributed by atoms with Gasteiger partial charge in [0.05, 0.1) is 0 Å². The van der Waals surface area contributed by atoms with Gasteiger partial charge in [0, 0.05) is 28.5 Å². The molecular formula is C15H17ClNO3-. The zero-order valence-electron chi connectivity index (χ0n) is 11.3. The van der Waals surface area contributed by atoms with Crippen molar-refractivity contribution in [1.29, 1.82) is 0 Å². The summed E-state index contributed by atoms with van der Waals surface area (Å²) < 4.78 is 0. The summed E-state index contributed by atoms with van der Waals surface area (Å²) >= 11 is 6.01. The third-order valence-electron chi connectivity index (χ3n) is 3.84. The number of aryl methyl sites for hydroxylation is 1. The van der Waals surface area contributed by atoms with Gasteiger partial charge < -0.3 is 15.2 Å². The fraction of sp³-hybridized carbons (Fsp3) is 0.467. The van der Waals surface area contributed by atoms with Gasteiger partial charge in [0.25, 0.3) is 0 Å². The van der Waals surface area contributed by atoms with E-state index in [1.54, 1.807) is 12.1 Å². The second kappa shape index (κ2) is 6.27. The Kier molecular flexibility index (Phi) is 4.65. The molecule has 0 saturated heterocycles. The van der Waals surface area contributed by atoms with Gasteiger partial charge in [0.15, 0.2) is 0 Å². The van der Waals surface area contributed by atoms with Gasteiger partial charge >= 0.3 is 0 Å². The Balaban J connectivity index is 2.09. The average Bonchev–Trinajstić information content (AvgIpc) is 2.43. The Morgan fingerprint density at radius 2 is 1.90 bits per heavy atom. The minimum atomic E-state index is -1.13. The Morgan fingerprint density at radius 3 is 2.50 bits per heavy atom. The first-order valence-corrected chi connectivity index (χ1v) is 7.14. The van der Waals surface area contributed by atoms with Crippen LogP contribution in [0.2, 0.25) is 5.02 Å². The zero-order valence-corrected chi connectivity index (χ0v) is 12.1. The van der Waals surface area contributed by atoms with E-state index in [1.165, 1.54) is 0 Å². The highest BCUT2D eigenvalue weighted by Gasteiger charge is 2.31. The molecule has 1 saturated carbocycles. The number of nitrogens with one attached hydrogen (secondary N) is 1. The van der Waals surface area contributed by atoms with Crippen molar-refractivity contribution in [2.45, 2.75) is 32.6 Å². The molecule has 20 heavy (non-hydrogen) atoms. The molecule has 1 aliphatic carbocycles. The van der Waals surface area contributed by atoms with Crippen LogP contribution in [0.15, 0.2) is 18.2 Å². The first kappa shape index (κ1) is 14.9. The molecule has 1 aromatic rings. The standard InChI is InChI=1S/C15H18ClNO3/c1-9-6-7-10(8-13(9)16)17-14(18)11-4-2-3-5-12(11)15(19)20/h6-8,11-12H,2-5H2,1H3,(H,17,18)(H,19,20)/p-1/t11-,12-/m1/s1. The normalized spacial score (nSPS) is 22.3. The number of hydrogen-bond acceptors (Lipinski definition) is 3. The number of carboxylic acid groups (broad SMARTS) is 1. The van der Waals surface area contributed by atoms with Crippen LogP contribution in [0.5, 0.6) is 0 Å². The number of hydrogen-bond donors (Lipinski definition) is 1. The van der Waals surface area contributed by atoms with Crippen molar-refractivity contribution in [1.82, 2.24) is 0 Å². The summed E-state index contributed by atoms with van der Waals surface area (Å²) in [6.07, 6.45) is 2.80. The molecule has 0 bridgehead atoms. The summed E-state index contributed by atoms with van der Waals surface area (Å²) in [6, 6.07) is 5.25. The van der Waals surface area contributed by atoms with E-state index in [-0.39, 0.29) is 5.91 Å². The van der Waals surface area contributed by atoms with Crippen molar-refractivity contribution in [2.75, 3.05) is 5.32 Å². The number of anilines is 1. The number of carboxylic acids is 1. The van der Waals surface area contributed by atoms with Crippen molar-refractivity contribution in [3.63, 3.8) is 0 Å². The third kappa shape index (κ3) is 3.31. The number of carbonyl (C=O) groups is 2. The Hall–Kier alpha value is -1.55. The Bertz CT molecular complexity index is 530. The highest BCUT2D eigenvalue weighted by atomic mass is 35.5. The molecule has 2 atom stereocenters. The second-order valence-corrected chi connectivity index (χ2v) is 5.68. The maximum Gasteiger partial charge on any atom is 0.228 e. The third-order valence-corrected chi connectivity index (χ3v) is 4.25. The molecule has 0 radical (unpaired) electrons. The van der Waals surface area contributed by atoms with Crippen molar-refractivity contribution < 1.29 is 14.7 Å². The molecule has 1 aromatic carbocycles. The van der Waals surface area contributed by atoms with Gasteiger partial charge in [-0.1, -0.05) is 30.5 Å². The van der Waals surface area contributed by atoms with Crippen molar-refractivity contribution in [2.24, 2.45) is 11.8 Å². The van der Waals surface area contributed by atoms with Gasteiger partial charge in [0.1, 0.15) is 0 Å². The molecule has 1 N–H and O–H groups in total. The van der Waals surface area contributed by atoms with Crippen LogP contribution in [0.4, 0.5) is 5.69 Å². The summed E-state index contributed by atoms with van der Waals surface area (Å²) in [4.78, 5) is 23.3. The Morgan fingerprint density at radius 1 is 1.25 bits per heavy atom. The summed E-state index contributed by atoms with van der Waals surface area (Å²) in [7, 11) is 0. The zero-order chi connectivity index (χ0) is 14.7. The largest absolute Gasteiger partial charge is 0.550 e. The second-order valence-electron chi connectivity index (χ2n) is 5.27. The molecule has 1 amide bonds. The lowest BCUT2D eigenvalue weighted by atomic mass is 9.78. The first-order chi connectivity index (χ1) is 9.49. The smallest absolute Gasteiger partial charge is 0.228 e. The van der Waals surface area contributed by atoms with Gasteiger partial charge in [0.2, 0.25) is 5.91 Å². The van der Waals surface area contributed by atoms with E-state index in [0.717, 1.165) is 18.4 Å². The molecule has 0 unspecified atom stereocenters. The molecule has 0 aliphatic heterocycles. The number of halogens is 1. The van der Waals surface area contributed by atoms with E-state index in [9.17, 15) is 14.7 Å².